The fraction of sp³-hybridized carbons (Fsp3) is 0.500. The molecule has 43 heavy (non-hydrogen) atoms. The van der Waals surface area contributed by atoms with E-state index >= 15 is 8.78 Å². The number of nitrogen functional groups attached to an aromatic ring is 1. The van der Waals surface area contributed by atoms with E-state index in [2.05, 4.69) is 32.0 Å². The summed E-state index contributed by atoms with van der Waals surface area (Å²) in [5.41, 5.74) is 4.17. The number of nitrogens with one attached hydrogen (secondary N) is 1. The molecule has 4 atom stereocenters. The highest BCUT2D eigenvalue weighted by molar-refractivity contribution is 6.35. The third kappa shape index (κ3) is 4.32. The highest BCUT2D eigenvalue weighted by atomic mass is 35.5. The van der Waals surface area contributed by atoms with E-state index in [0.717, 1.165) is 45.2 Å². The molecule has 9 nitrogen and oxygen atoms in total. The molecule has 2 aromatic heterocycles. The molecule has 4 fully saturated rings. The fourth-order valence-electron chi connectivity index (χ4n) is 7.95. The van der Waals surface area contributed by atoms with Gasteiger partial charge < -0.3 is 25.1 Å². The normalized spacial score (nSPS) is 27.1. The van der Waals surface area contributed by atoms with Gasteiger partial charge in [0, 0.05) is 48.7 Å². The van der Waals surface area contributed by atoms with E-state index in [1.54, 1.807) is 0 Å². The molecule has 0 spiro atoms. The van der Waals surface area contributed by atoms with E-state index in [0.29, 0.717) is 42.9 Å². The van der Waals surface area contributed by atoms with Crippen LogP contribution in [0.3, 0.4) is 0 Å². The van der Waals surface area contributed by atoms with Gasteiger partial charge >= 0.3 is 6.01 Å². The lowest BCUT2D eigenvalue weighted by atomic mass is 9.92. The average molecular weight is 614 g/mol. The number of nitrogens with zero attached hydrogens (tertiary/aromatic N) is 5. The number of rotatable bonds is 5. The Balaban J connectivity index is 1.28. The Morgan fingerprint density at radius 3 is 2.65 bits per heavy atom. The number of fused-ring (bicyclic) bond motifs is 5. The van der Waals surface area contributed by atoms with Gasteiger partial charge in [-0.1, -0.05) is 18.5 Å². The number of halogens is 4. The van der Waals surface area contributed by atoms with E-state index in [-0.39, 0.29) is 62.4 Å². The molecule has 0 saturated carbocycles. The molecule has 4 saturated heterocycles. The molecule has 0 radical (unpaired) electrons. The van der Waals surface area contributed by atoms with Gasteiger partial charge in [0.15, 0.2) is 17.2 Å². The predicted octanol–water partition coefficient (Wildman–Crippen LogP) is 5.28. The first-order valence-electron chi connectivity index (χ1n) is 14.8. The summed E-state index contributed by atoms with van der Waals surface area (Å²) in [6.45, 7) is 6.06. The first-order valence-corrected chi connectivity index (χ1v) is 15.2. The van der Waals surface area contributed by atoms with Crippen LogP contribution in [0.2, 0.25) is 5.02 Å². The average Bonchev–Trinajstić information content (AvgIpc) is 3.71. The largest absolute Gasteiger partial charge is 0.461 e. The van der Waals surface area contributed by atoms with Crippen molar-refractivity contribution < 1.29 is 22.3 Å². The third-order valence-electron chi connectivity index (χ3n) is 9.67. The summed E-state index contributed by atoms with van der Waals surface area (Å²) in [5.74, 6) is -1.88. The first-order chi connectivity index (χ1) is 20.7. The summed E-state index contributed by atoms with van der Waals surface area (Å²) in [7, 11) is 0. The van der Waals surface area contributed by atoms with Gasteiger partial charge in [0.1, 0.15) is 29.3 Å². The van der Waals surface area contributed by atoms with Crippen LogP contribution in [0.15, 0.2) is 16.5 Å². The van der Waals surface area contributed by atoms with Crippen LogP contribution in [-0.4, -0.2) is 70.3 Å². The van der Waals surface area contributed by atoms with E-state index in [1.165, 1.54) is 6.07 Å². The maximum atomic E-state index is 16.7. The Bertz CT molecular complexity index is 1770. The molecule has 0 aliphatic carbocycles. The Labute approximate surface area is 250 Å². The van der Waals surface area contributed by atoms with Gasteiger partial charge in [-0.2, -0.15) is 15.0 Å². The molecule has 13 heteroatoms. The van der Waals surface area contributed by atoms with Crippen LogP contribution < -0.4 is 20.7 Å². The van der Waals surface area contributed by atoms with Crippen molar-refractivity contribution in [3.05, 3.63) is 34.6 Å². The minimum Gasteiger partial charge on any atom is -0.461 e. The second-order valence-electron chi connectivity index (χ2n) is 12.6. The van der Waals surface area contributed by atoms with Gasteiger partial charge in [-0.15, -0.1) is 0 Å². The zero-order valence-electron chi connectivity index (χ0n) is 23.6. The number of benzene rings is 2. The van der Waals surface area contributed by atoms with Gasteiger partial charge in [0.25, 0.3) is 6.01 Å². The van der Waals surface area contributed by atoms with Crippen LogP contribution in [0.4, 0.5) is 25.0 Å². The van der Waals surface area contributed by atoms with E-state index in [9.17, 15) is 4.39 Å². The Morgan fingerprint density at radius 1 is 1.07 bits per heavy atom. The monoisotopic (exact) mass is 613 g/mol. The molecule has 6 heterocycles. The molecule has 8 rings (SSSR count). The molecule has 226 valence electrons. The van der Waals surface area contributed by atoms with Gasteiger partial charge in [-0.3, -0.25) is 4.90 Å². The van der Waals surface area contributed by atoms with Crippen molar-refractivity contribution in [3.63, 3.8) is 0 Å². The predicted molar refractivity (Wildman–Crippen MR) is 157 cm³/mol. The summed E-state index contributed by atoms with van der Waals surface area (Å²) in [4.78, 5) is 17.9. The lowest BCUT2D eigenvalue weighted by Crippen LogP contribution is -2.51. The molecule has 3 N–H and O–H groups in total. The molecule has 2 bridgehead atoms. The van der Waals surface area contributed by atoms with Gasteiger partial charge in [-0.05, 0) is 50.6 Å². The molecule has 4 aromatic rings. The number of oxazole rings is 1. The standard InChI is InChI=1S/C30H31ClF3N7O2/c1-14-9-30(5-2-6-41(30)10-14)13-42-29-38-24-17(27(39-29)40-11-15-3-4-16(12-40)36-15)7-18(31)21(23(24)34)22-19(32)8-20(33)26-25(22)37-28(35)43-26/h7-8,14-16,36H,2-6,9-13H2,1H3,(H2,35,37)/t14-,15?,16?,30+/m1/s1. The second kappa shape index (κ2) is 9.83. The molecular weight excluding hydrogens is 583 g/mol. The summed E-state index contributed by atoms with van der Waals surface area (Å²) >= 11 is 6.69. The van der Waals surface area contributed by atoms with Crippen LogP contribution in [0.25, 0.3) is 33.1 Å². The van der Waals surface area contributed by atoms with Gasteiger partial charge in [-0.25, -0.2) is 13.2 Å². The second-order valence-corrected chi connectivity index (χ2v) is 13.0. The van der Waals surface area contributed by atoms with Crippen molar-refractivity contribution in [2.24, 2.45) is 5.92 Å². The summed E-state index contributed by atoms with van der Waals surface area (Å²) in [5, 5.41) is 3.89. The van der Waals surface area contributed by atoms with Gasteiger partial charge in [0.2, 0.25) is 0 Å². The number of nitrogens with two attached hydrogens (primary N) is 1. The zero-order chi connectivity index (χ0) is 29.6. The molecule has 0 amide bonds. The van der Waals surface area contributed by atoms with Crippen molar-refractivity contribution in [2.75, 3.05) is 43.4 Å². The molecule has 4 aliphatic heterocycles. The number of anilines is 2. The Kier molecular flexibility index (Phi) is 6.22. The van der Waals surface area contributed by atoms with Crippen LogP contribution >= 0.6 is 11.6 Å². The van der Waals surface area contributed by atoms with Crippen LogP contribution in [-0.2, 0) is 0 Å². The first kappa shape index (κ1) is 27.2. The molecule has 4 aliphatic rings. The van der Waals surface area contributed by atoms with Crippen molar-refractivity contribution in [3.8, 4) is 17.1 Å². The van der Waals surface area contributed by atoms with Crippen LogP contribution in [0.5, 0.6) is 6.01 Å². The number of aromatic nitrogens is 3. The fourth-order valence-corrected chi connectivity index (χ4v) is 8.24. The summed E-state index contributed by atoms with van der Waals surface area (Å²) in [6.07, 6.45) is 5.23. The van der Waals surface area contributed by atoms with E-state index in [1.807, 2.05) is 0 Å². The van der Waals surface area contributed by atoms with Crippen molar-refractivity contribution in [2.45, 2.75) is 56.7 Å². The number of piperazine rings is 1. The minimum absolute atomic E-state index is 0.0525. The molecule has 2 aromatic carbocycles. The highest BCUT2D eigenvalue weighted by Crippen LogP contribution is 2.44. The topological polar surface area (TPSA) is 106 Å². The molecule has 2 unspecified atom stereocenters. The van der Waals surface area contributed by atoms with Crippen LogP contribution in [0, 0.1) is 23.4 Å². The lowest BCUT2D eigenvalue weighted by molar-refractivity contribution is 0.107. The van der Waals surface area contributed by atoms with E-state index in [4.69, 9.17) is 31.5 Å². The third-order valence-corrected chi connectivity index (χ3v) is 9.97. The summed E-state index contributed by atoms with van der Waals surface area (Å²) in [6, 6.07) is 2.39. The number of hydrogen-bond donors (Lipinski definition) is 2. The maximum Gasteiger partial charge on any atom is 0.319 e. The highest BCUT2D eigenvalue weighted by Gasteiger charge is 2.48. The zero-order valence-corrected chi connectivity index (χ0v) is 24.4. The quantitative estimate of drug-likeness (QED) is 0.311. The Morgan fingerprint density at radius 2 is 1.86 bits per heavy atom. The van der Waals surface area contributed by atoms with Gasteiger partial charge in [0.05, 0.1) is 16.1 Å². The number of hydrogen-bond acceptors (Lipinski definition) is 9. The Hall–Kier alpha value is -3.35. The van der Waals surface area contributed by atoms with Crippen molar-refractivity contribution in [1.29, 1.82) is 0 Å². The number of ether oxygens (including phenoxy) is 1. The SMILES string of the molecule is C[C@H]1CN2CCC[C@@]2(COc2nc(N3CC4CCC(C3)N4)c3cc(Cl)c(-c4c(F)cc(F)c5oc(N)nc45)c(F)c3n2)C1. The maximum absolute atomic E-state index is 16.7. The molecular formula is C30H31ClF3N7O2. The smallest absolute Gasteiger partial charge is 0.319 e. The summed E-state index contributed by atoms with van der Waals surface area (Å²) < 4.78 is 58.1. The van der Waals surface area contributed by atoms with Crippen LogP contribution in [0.1, 0.15) is 39.0 Å². The van der Waals surface area contributed by atoms with Crippen molar-refractivity contribution >= 4 is 45.4 Å². The minimum atomic E-state index is -1.06. The lowest BCUT2D eigenvalue weighted by Gasteiger charge is -2.35. The van der Waals surface area contributed by atoms with Crippen molar-refractivity contribution in [1.82, 2.24) is 25.2 Å². The van der Waals surface area contributed by atoms with E-state index < -0.39 is 17.5 Å².